The van der Waals surface area contributed by atoms with E-state index in [1.54, 1.807) is 4.31 Å². The van der Waals surface area contributed by atoms with Gasteiger partial charge >= 0.3 is 0 Å². The molecule has 1 aliphatic rings. The summed E-state index contributed by atoms with van der Waals surface area (Å²) in [4.78, 5) is 6.52. The smallest absolute Gasteiger partial charge is 0.260 e. The molecular weight excluding hydrogens is 276 g/mol. The Balaban J connectivity index is 2.40. The van der Waals surface area contributed by atoms with E-state index in [1.807, 2.05) is 6.92 Å². The third kappa shape index (κ3) is 2.62. The highest BCUT2D eigenvalue weighted by Crippen LogP contribution is 2.38. The third-order valence-corrected chi connectivity index (χ3v) is 6.31. The summed E-state index contributed by atoms with van der Waals surface area (Å²) in [5.74, 6) is 0.498. The predicted molar refractivity (Wildman–Crippen MR) is 77.6 cm³/mol. The van der Waals surface area contributed by atoms with Crippen molar-refractivity contribution >= 4 is 10.0 Å². The first-order valence-electron chi connectivity index (χ1n) is 7.17. The quantitative estimate of drug-likeness (QED) is 0.858. The molecule has 0 amide bonds. The van der Waals surface area contributed by atoms with Crippen LogP contribution in [-0.4, -0.2) is 41.3 Å². The minimum atomic E-state index is -3.57. The normalized spacial score (nSPS) is 27.9. The summed E-state index contributed by atoms with van der Waals surface area (Å²) in [6.45, 7) is 4.81. The topological polar surface area (TPSA) is 92.1 Å². The number of imidazole rings is 1. The molecule has 114 valence electrons. The molecule has 6 nitrogen and oxygen atoms in total. The fourth-order valence-electron chi connectivity index (χ4n) is 3.41. The maximum Gasteiger partial charge on any atom is 0.260 e. The molecule has 20 heavy (non-hydrogen) atoms. The molecule has 1 saturated carbocycles. The van der Waals surface area contributed by atoms with Crippen LogP contribution >= 0.6 is 0 Å². The highest BCUT2D eigenvalue weighted by molar-refractivity contribution is 7.89. The molecule has 2 rings (SSSR count). The largest absolute Gasteiger partial charge is 0.335 e. The van der Waals surface area contributed by atoms with Gasteiger partial charge < -0.3 is 10.7 Å². The average Bonchev–Trinajstić information content (AvgIpc) is 2.93. The van der Waals surface area contributed by atoms with Gasteiger partial charge in [0.25, 0.3) is 10.0 Å². The van der Waals surface area contributed by atoms with Crippen LogP contribution in [-0.2, 0) is 10.0 Å². The number of aromatic amines is 1. The van der Waals surface area contributed by atoms with E-state index in [4.69, 9.17) is 5.73 Å². The SMILES string of the molecule is CCN(C1(CN)CCCC(C)C1)S(=O)(=O)c1cnc[nH]1. The molecule has 0 aromatic carbocycles. The first kappa shape index (κ1) is 15.5. The van der Waals surface area contributed by atoms with Crippen molar-refractivity contribution in [2.45, 2.75) is 50.1 Å². The summed E-state index contributed by atoms with van der Waals surface area (Å²) in [6, 6.07) is 0. The molecular formula is C13H24N4O2S. The molecule has 0 radical (unpaired) electrons. The number of likely N-dealkylation sites (N-methyl/N-ethyl adjacent to an activating group) is 1. The summed E-state index contributed by atoms with van der Waals surface area (Å²) in [7, 11) is -3.57. The standard InChI is InChI=1S/C13H24N4O2S/c1-3-17(20(18,19)12-8-15-10-16-12)13(9-14)6-4-5-11(2)7-13/h8,10-11H,3-7,9,14H2,1-2H3,(H,15,16). The first-order valence-corrected chi connectivity index (χ1v) is 8.61. The number of nitrogens with two attached hydrogens (primary N) is 1. The summed E-state index contributed by atoms with van der Waals surface area (Å²) in [5.41, 5.74) is 5.53. The van der Waals surface area contributed by atoms with Crippen molar-refractivity contribution in [1.82, 2.24) is 14.3 Å². The second-order valence-electron chi connectivity index (χ2n) is 5.72. The van der Waals surface area contributed by atoms with E-state index in [0.717, 1.165) is 25.7 Å². The van der Waals surface area contributed by atoms with Crippen LogP contribution in [0.4, 0.5) is 0 Å². The molecule has 0 aliphatic heterocycles. The van der Waals surface area contributed by atoms with Crippen molar-refractivity contribution in [3.63, 3.8) is 0 Å². The van der Waals surface area contributed by atoms with E-state index in [9.17, 15) is 8.42 Å². The van der Waals surface area contributed by atoms with Gasteiger partial charge in [-0.3, -0.25) is 0 Å². The molecule has 1 aliphatic carbocycles. The maximum atomic E-state index is 12.8. The monoisotopic (exact) mass is 300 g/mol. The molecule has 0 bridgehead atoms. The lowest BCUT2D eigenvalue weighted by atomic mass is 9.76. The Morgan fingerprint density at radius 1 is 1.60 bits per heavy atom. The van der Waals surface area contributed by atoms with E-state index in [0.29, 0.717) is 19.0 Å². The lowest BCUT2D eigenvalue weighted by molar-refractivity contribution is 0.112. The Bertz CT molecular complexity index is 529. The van der Waals surface area contributed by atoms with E-state index < -0.39 is 15.6 Å². The maximum absolute atomic E-state index is 12.8. The highest BCUT2D eigenvalue weighted by Gasteiger charge is 2.44. The molecule has 2 unspecified atom stereocenters. The first-order chi connectivity index (χ1) is 9.46. The van der Waals surface area contributed by atoms with Gasteiger partial charge in [-0.1, -0.05) is 26.7 Å². The van der Waals surface area contributed by atoms with Crippen LogP contribution < -0.4 is 5.73 Å². The van der Waals surface area contributed by atoms with Gasteiger partial charge in [0.15, 0.2) is 5.03 Å². The minimum Gasteiger partial charge on any atom is -0.335 e. The van der Waals surface area contributed by atoms with Crippen LogP contribution in [0.5, 0.6) is 0 Å². The van der Waals surface area contributed by atoms with Crippen LogP contribution in [0.3, 0.4) is 0 Å². The molecule has 0 saturated heterocycles. The number of hydrogen-bond acceptors (Lipinski definition) is 4. The number of rotatable bonds is 5. The predicted octanol–water partition coefficient (Wildman–Crippen LogP) is 1.33. The Labute approximate surface area is 120 Å². The fraction of sp³-hybridized carbons (Fsp3) is 0.769. The number of hydrogen-bond donors (Lipinski definition) is 2. The van der Waals surface area contributed by atoms with Crippen LogP contribution in [0.1, 0.15) is 39.5 Å². The summed E-state index contributed by atoms with van der Waals surface area (Å²) >= 11 is 0. The number of sulfonamides is 1. The highest BCUT2D eigenvalue weighted by atomic mass is 32.2. The van der Waals surface area contributed by atoms with E-state index in [1.165, 1.54) is 12.5 Å². The molecule has 1 aromatic heterocycles. The molecule has 2 atom stereocenters. The number of aromatic nitrogens is 2. The van der Waals surface area contributed by atoms with Crippen molar-refractivity contribution in [2.75, 3.05) is 13.1 Å². The second kappa shape index (κ2) is 5.83. The van der Waals surface area contributed by atoms with E-state index in [-0.39, 0.29) is 5.03 Å². The second-order valence-corrected chi connectivity index (χ2v) is 7.55. The molecule has 7 heteroatoms. The van der Waals surface area contributed by atoms with Crippen molar-refractivity contribution in [3.05, 3.63) is 12.5 Å². The Morgan fingerprint density at radius 2 is 2.35 bits per heavy atom. The van der Waals surface area contributed by atoms with Crippen molar-refractivity contribution in [3.8, 4) is 0 Å². The fourth-order valence-corrected chi connectivity index (χ4v) is 5.13. The van der Waals surface area contributed by atoms with Crippen molar-refractivity contribution in [2.24, 2.45) is 11.7 Å². The molecule has 1 aromatic rings. The van der Waals surface area contributed by atoms with Gasteiger partial charge in [0, 0.05) is 18.6 Å². The zero-order valence-corrected chi connectivity index (χ0v) is 13.0. The molecule has 3 N–H and O–H groups in total. The zero-order chi connectivity index (χ0) is 14.8. The van der Waals surface area contributed by atoms with Gasteiger partial charge in [-0.05, 0) is 18.8 Å². The molecule has 0 spiro atoms. The van der Waals surface area contributed by atoms with Gasteiger partial charge in [0.1, 0.15) is 0 Å². The van der Waals surface area contributed by atoms with Crippen LogP contribution in [0.2, 0.25) is 0 Å². The summed E-state index contributed by atoms with van der Waals surface area (Å²) < 4.78 is 27.2. The number of nitrogens with zero attached hydrogens (tertiary/aromatic N) is 2. The van der Waals surface area contributed by atoms with Crippen LogP contribution in [0.15, 0.2) is 17.6 Å². The average molecular weight is 300 g/mol. The van der Waals surface area contributed by atoms with Crippen LogP contribution in [0.25, 0.3) is 0 Å². The van der Waals surface area contributed by atoms with Crippen LogP contribution in [0, 0.1) is 5.92 Å². The van der Waals surface area contributed by atoms with Gasteiger partial charge in [-0.25, -0.2) is 13.4 Å². The van der Waals surface area contributed by atoms with Gasteiger partial charge in [0.2, 0.25) is 0 Å². The van der Waals surface area contributed by atoms with Crippen molar-refractivity contribution in [1.29, 1.82) is 0 Å². The minimum absolute atomic E-state index is 0.144. The Kier molecular flexibility index (Phi) is 4.51. The zero-order valence-electron chi connectivity index (χ0n) is 12.2. The summed E-state index contributed by atoms with van der Waals surface area (Å²) in [6.07, 6.45) is 6.56. The number of nitrogens with one attached hydrogen (secondary N) is 1. The summed E-state index contributed by atoms with van der Waals surface area (Å²) in [5, 5.41) is 0.144. The molecule has 1 fully saturated rings. The van der Waals surface area contributed by atoms with Gasteiger partial charge in [-0.15, -0.1) is 0 Å². The third-order valence-electron chi connectivity index (χ3n) is 4.30. The lowest BCUT2D eigenvalue weighted by Crippen LogP contribution is -2.58. The van der Waals surface area contributed by atoms with Gasteiger partial charge in [0.05, 0.1) is 12.5 Å². The van der Waals surface area contributed by atoms with E-state index in [2.05, 4.69) is 16.9 Å². The number of H-pyrrole nitrogens is 1. The molecule has 1 heterocycles. The van der Waals surface area contributed by atoms with E-state index >= 15 is 0 Å². The van der Waals surface area contributed by atoms with Crippen molar-refractivity contribution < 1.29 is 8.42 Å². The Morgan fingerprint density at radius 3 is 2.85 bits per heavy atom. The lowest BCUT2D eigenvalue weighted by Gasteiger charge is -2.46. The Hall–Kier alpha value is -0.920. The van der Waals surface area contributed by atoms with Gasteiger partial charge in [-0.2, -0.15) is 4.31 Å².